The lowest BCUT2D eigenvalue weighted by molar-refractivity contribution is 0.0997. The van der Waals surface area contributed by atoms with Gasteiger partial charge in [0.05, 0.1) is 55.5 Å². The van der Waals surface area contributed by atoms with E-state index in [0.29, 0.717) is 81.0 Å². The lowest BCUT2D eigenvalue weighted by Crippen LogP contribution is -2.30. The maximum atomic E-state index is 14.0. The van der Waals surface area contributed by atoms with Crippen LogP contribution >= 0.6 is 0 Å². The van der Waals surface area contributed by atoms with Crippen molar-refractivity contribution in [2.45, 2.75) is 89.0 Å². The highest BCUT2D eigenvalue weighted by Gasteiger charge is 2.32. The SMILES string of the molecule is CC/C(=N\N=C(/CC)c1cc(OC)c(O)c(OC)c1)c1cc(C)c(O)c(OC)c1.CCN(CC)c1ccc2c(c1)Oc1cc(N(CC)CC)ccc1N2C(=O)c1cc(C)c(O)c(C)c1.Cc1cc(-c2nc(-c3ccccc3)c(-c3ccccc3)[nH]2)cc(C)c1O. The van der Waals surface area contributed by atoms with Crippen molar-refractivity contribution in [2.75, 3.05) is 62.2 Å². The largest absolute Gasteiger partial charge is 0.507 e. The van der Waals surface area contributed by atoms with Crippen LogP contribution in [-0.4, -0.2) is 95.2 Å². The number of carbonyl (C=O) groups excluding carboxylic acids is 1. The number of rotatable bonds is 18. The number of fused-ring (bicyclic) bond motifs is 2. The molecule has 0 saturated carbocycles. The molecular weight excluding hydrogens is 1130 g/mol. The van der Waals surface area contributed by atoms with Gasteiger partial charge in [-0.25, -0.2) is 4.98 Å². The average molecular weight is 1210 g/mol. The van der Waals surface area contributed by atoms with E-state index in [9.17, 15) is 25.2 Å². The zero-order valence-electron chi connectivity index (χ0n) is 54.1. The molecule has 0 radical (unpaired) electrons. The summed E-state index contributed by atoms with van der Waals surface area (Å²) in [5, 5.41) is 49.4. The first kappa shape index (κ1) is 65.7. The molecule has 1 aliphatic rings. The lowest BCUT2D eigenvalue weighted by Gasteiger charge is -2.33. The van der Waals surface area contributed by atoms with Crippen LogP contribution in [0.2, 0.25) is 0 Å². The van der Waals surface area contributed by atoms with Crippen molar-refractivity contribution in [1.82, 2.24) is 9.97 Å². The number of aryl methyl sites for hydroxylation is 5. The number of anilines is 4. The summed E-state index contributed by atoms with van der Waals surface area (Å²) in [4.78, 5) is 28.6. The van der Waals surface area contributed by atoms with Gasteiger partial charge in [0.15, 0.2) is 34.5 Å². The molecule has 0 bridgehead atoms. The number of benzene rings is 8. The summed E-state index contributed by atoms with van der Waals surface area (Å²) in [6, 6.07) is 46.9. The van der Waals surface area contributed by atoms with Crippen LogP contribution in [0.25, 0.3) is 33.9 Å². The number of nitrogens with zero attached hydrogens (tertiary/aromatic N) is 6. The van der Waals surface area contributed by atoms with E-state index in [2.05, 4.69) is 76.9 Å². The Bertz CT molecular complexity index is 3870. The second-order valence-corrected chi connectivity index (χ2v) is 21.7. The molecule has 0 saturated heterocycles. The topological polar surface area (TPSA) is 198 Å². The van der Waals surface area contributed by atoms with E-state index < -0.39 is 0 Å². The van der Waals surface area contributed by atoms with Crippen LogP contribution in [0.1, 0.15) is 104 Å². The Labute approximate surface area is 529 Å². The van der Waals surface area contributed by atoms with E-state index in [1.807, 2.05) is 139 Å². The number of methoxy groups -OCH3 is 3. The standard InChI is InChI=1S/C29H35N3O3.C23H20N2O.C22H28N2O5/c1-7-30(8-2)22-11-13-24-26(17-22)35-27-18-23(31(9-3)10-4)12-14-25(27)32(24)29(34)21-15-19(5)28(33)20(6)16-21;1-15-13-19(14-16(2)22(15)26)23-24-20(17-9-5-3-6-10-17)21(25-23)18-11-7-4-8-12-18;1-7-16(14-9-13(3)21(25)18(10-14)27-4)23-24-17(8-2)15-11-19(28-5)22(26)20(12-15)29-6/h11-18,33H,7-10H2,1-6H3;3-14,26H,1-2H3,(H,24,25);9-12,25-26H,7-8H2,1-6H3/b;;23-16+,24-17+. The van der Waals surface area contributed by atoms with Crippen LogP contribution in [0.15, 0.2) is 156 Å². The minimum absolute atomic E-state index is 0.0568. The van der Waals surface area contributed by atoms with E-state index in [0.717, 1.165) is 105 Å². The highest BCUT2D eigenvalue weighted by atomic mass is 16.5. The van der Waals surface area contributed by atoms with Gasteiger partial charge >= 0.3 is 0 Å². The van der Waals surface area contributed by atoms with Gasteiger partial charge in [0, 0.05) is 83.1 Å². The number of aromatic hydroxyl groups is 4. The summed E-state index contributed by atoms with van der Waals surface area (Å²) in [6.45, 7) is 25.2. The number of ether oxygens (including phenoxy) is 4. The fourth-order valence-corrected chi connectivity index (χ4v) is 10.9. The Morgan fingerprint density at radius 1 is 0.489 bits per heavy atom. The minimum atomic E-state index is -0.159. The predicted molar refractivity (Wildman–Crippen MR) is 364 cm³/mol. The van der Waals surface area contributed by atoms with Gasteiger partial charge in [-0.3, -0.25) is 9.69 Å². The average Bonchev–Trinajstić information content (AvgIpc) is 0.800. The van der Waals surface area contributed by atoms with E-state index in [4.69, 9.17) is 23.9 Å². The third-order valence-electron chi connectivity index (χ3n) is 16.0. The molecule has 90 heavy (non-hydrogen) atoms. The Morgan fingerprint density at radius 2 is 0.889 bits per heavy atom. The van der Waals surface area contributed by atoms with E-state index in [-0.39, 0.29) is 23.2 Å². The molecule has 5 N–H and O–H groups in total. The molecule has 0 fully saturated rings. The molecule has 1 aromatic heterocycles. The van der Waals surface area contributed by atoms with Crippen molar-refractivity contribution in [3.8, 4) is 85.6 Å². The van der Waals surface area contributed by atoms with Crippen LogP contribution < -0.4 is 33.6 Å². The number of phenolic OH excluding ortho intramolecular Hbond substituents is 4. The number of imidazole rings is 1. The van der Waals surface area contributed by atoms with Crippen LogP contribution in [0, 0.1) is 34.6 Å². The molecule has 0 atom stereocenters. The smallest absolute Gasteiger partial charge is 0.263 e. The van der Waals surface area contributed by atoms with Crippen LogP contribution in [0.5, 0.6) is 51.7 Å². The number of aromatic nitrogens is 2. The summed E-state index contributed by atoms with van der Waals surface area (Å²) in [5.74, 6) is 3.57. The summed E-state index contributed by atoms with van der Waals surface area (Å²) in [7, 11) is 4.48. The summed E-state index contributed by atoms with van der Waals surface area (Å²) in [6.07, 6.45) is 1.27. The quantitative estimate of drug-likeness (QED) is 0.0403. The van der Waals surface area contributed by atoms with E-state index in [1.165, 1.54) is 21.3 Å². The number of hydrogen-bond acceptors (Lipinski definition) is 14. The highest BCUT2D eigenvalue weighted by molar-refractivity contribution is 6.14. The van der Waals surface area contributed by atoms with Crippen molar-refractivity contribution < 1.29 is 44.2 Å². The van der Waals surface area contributed by atoms with Crippen molar-refractivity contribution >= 4 is 40.1 Å². The van der Waals surface area contributed by atoms with Crippen molar-refractivity contribution in [2.24, 2.45) is 10.2 Å². The second kappa shape index (κ2) is 29.7. The zero-order valence-corrected chi connectivity index (χ0v) is 54.1. The summed E-state index contributed by atoms with van der Waals surface area (Å²) in [5.41, 5.74) is 15.9. The monoisotopic (exact) mass is 1210 g/mol. The summed E-state index contributed by atoms with van der Waals surface area (Å²) >= 11 is 0. The van der Waals surface area contributed by atoms with Crippen molar-refractivity contribution in [3.63, 3.8) is 0 Å². The molecule has 2 heterocycles. The van der Waals surface area contributed by atoms with Gasteiger partial charge in [-0.1, -0.05) is 74.5 Å². The molecular formula is C74H83N7O9. The Kier molecular flexibility index (Phi) is 21.7. The first-order chi connectivity index (χ1) is 43.3. The predicted octanol–water partition coefficient (Wildman–Crippen LogP) is 17.0. The third kappa shape index (κ3) is 14.3. The van der Waals surface area contributed by atoms with Gasteiger partial charge < -0.3 is 54.2 Å². The van der Waals surface area contributed by atoms with Gasteiger partial charge in [-0.05, 0) is 176 Å². The minimum Gasteiger partial charge on any atom is -0.507 e. The van der Waals surface area contributed by atoms with Gasteiger partial charge in [0.1, 0.15) is 17.3 Å². The lowest BCUT2D eigenvalue weighted by atomic mass is 10.0. The number of H-pyrrole nitrogens is 1. The number of carbonyl (C=O) groups is 1. The fraction of sp³-hybridized carbons (Fsp3) is 0.270. The molecule has 10 rings (SSSR count). The Balaban J connectivity index is 0.000000176. The number of hydrogen-bond donors (Lipinski definition) is 5. The molecule has 1 aliphatic heterocycles. The number of phenols is 4. The van der Waals surface area contributed by atoms with Crippen molar-refractivity contribution in [3.05, 3.63) is 190 Å². The highest BCUT2D eigenvalue weighted by Crippen LogP contribution is 2.50. The molecule has 468 valence electrons. The molecule has 16 nitrogen and oxygen atoms in total. The maximum absolute atomic E-state index is 14.0. The molecule has 9 aromatic rings. The molecule has 8 aromatic carbocycles. The zero-order chi connectivity index (χ0) is 64.9. The van der Waals surface area contributed by atoms with Gasteiger partial charge in [-0.2, -0.15) is 10.2 Å². The van der Waals surface area contributed by atoms with Crippen LogP contribution in [-0.2, 0) is 0 Å². The normalized spacial score (nSPS) is 11.7. The molecule has 16 heteroatoms. The molecule has 1 amide bonds. The first-order valence-corrected chi connectivity index (χ1v) is 30.4. The van der Waals surface area contributed by atoms with Crippen molar-refractivity contribution in [1.29, 1.82) is 0 Å². The first-order valence-electron chi connectivity index (χ1n) is 30.4. The molecule has 0 spiro atoms. The number of aromatic amines is 1. The Hall–Kier alpha value is -10.2. The van der Waals surface area contributed by atoms with Gasteiger partial charge in [0.25, 0.3) is 5.91 Å². The third-order valence-corrected chi connectivity index (χ3v) is 16.0. The maximum Gasteiger partial charge on any atom is 0.263 e. The Morgan fingerprint density at radius 3 is 1.32 bits per heavy atom. The number of nitrogens with one attached hydrogen (secondary N) is 1. The van der Waals surface area contributed by atoms with Crippen LogP contribution in [0.3, 0.4) is 0 Å². The fourth-order valence-electron chi connectivity index (χ4n) is 10.9. The molecule has 0 aliphatic carbocycles. The van der Waals surface area contributed by atoms with Crippen LogP contribution in [0.4, 0.5) is 22.7 Å². The van der Waals surface area contributed by atoms with Gasteiger partial charge in [0.2, 0.25) is 5.75 Å². The second-order valence-electron chi connectivity index (χ2n) is 21.7. The van der Waals surface area contributed by atoms with E-state index >= 15 is 0 Å². The summed E-state index contributed by atoms with van der Waals surface area (Å²) < 4.78 is 22.1. The number of amides is 1. The van der Waals surface area contributed by atoms with E-state index in [1.54, 1.807) is 35.2 Å². The molecule has 0 unspecified atom stereocenters. The van der Waals surface area contributed by atoms with Gasteiger partial charge in [-0.15, -0.1) is 0 Å².